The molecule has 0 aliphatic carbocycles. The molecule has 0 rings (SSSR count). The molecule has 2 heteroatoms. The Bertz CT molecular complexity index is 132. The minimum atomic E-state index is 0.368. The summed E-state index contributed by atoms with van der Waals surface area (Å²) >= 11 is 0. The zero-order chi connectivity index (χ0) is 10.5. The first-order chi connectivity index (χ1) is 5.93. The summed E-state index contributed by atoms with van der Waals surface area (Å²) in [5.74, 6) is 0. The monoisotopic (exact) mass is 186 g/mol. The van der Waals surface area contributed by atoms with E-state index in [0.29, 0.717) is 11.5 Å². The fourth-order valence-electron chi connectivity index (χ4n) is 1.68. The molecule has 1 N–H and O–H groups in total. The predicted octanol–water partition coefficient (Wildman–Crippen LogP) is 1.96. The van der Waals surface area contributed by atoms with Crippen LogP contribution in [0.4, 0.5) is 0 Å². The zero-order valence-corrected chi connectivity index (χ0v) is 10.1. The Hall–Kier alpha value is -0.0800. The van der Waals surface area contributed by atoms with E-state index >= 15 is 0 Å². The zero-order valence-electron chi connectivity index (χ0n) is 10.1. The molecule has 0 heterocycles. The highest BCUT2D eigenvalue weighted by atomic mass is 15.1. The highest BCUT2D eigenvalue weighted by Gasteiger charge is 2.20. The Labute approximate surface area is 83.7 Å². The maximum absolute atomic E-state index is 3.24. The van der Waals surface area contributed by atoms with E-state index in [0.717, 1.165) is 13.1 Å². The van der Waals surface area contributed by atoms with Crippen LogP contribution in [-0.2, 0) is 0 Å². The van der Waals surface area contributed by atoms with Gasteiger partial charge in [-0.25, -0.2) is 0 Å². The van der Waals surface area contributed by atoms with E-state index in [9.17, 15) is 0 Å². The second kappa shape index (κ2) is 5.61. The fraction of sp³-hybridized carbons (Fsp3) is 1.00. The molecule has 0 saturated heterocycles. The molecule has 2 nitrogen and oxygen atoms in total. The third-order valence-electron chi connectivity index (χ3n) is 2.68. The van der Waals surface area contributed by atoms with E-state index in [1.165, 1.54) is 6.42 Å². The van der Waals surface area contributed by atoms with Gasteiger partial charge in [-0.15, -0.1) is 0 Å². The summed E-state index contributed by atoms with van der Waals surface area (Å²) in [4.78, 5) is 2.44. The van der Waals surface area contributed by atoms with Crippen molar-refractivity contribution in [2.24, 2.45) is 5.41 Å². The van der Waals surface area contributed by atoms with Gasteiger partial charge >= 0.3 is 0 Å². The second-order valence-corrected chi connectivity index (χ2v) is 4.87. The van der Waals surface area contributed by atoms with Crippen molar-refractivity contribution < 1.29 is 0 Å². The summed E-state index contributed by atoms with van der Waals surface area (Å²) in [6.07, 6.45) is 1.23. The van der Waals surface area contributed by atoms with Crippen LogP contribution in [0, 0.1) is 5.41 Å². The molecule has 80 valence electrons. The first kappa shape index (κ1) is 12.9. The number of hydrogen-bond donors (Lipinski definition) is 1. The Morgan fingerprint density at radius 3 is 2.31 bits per heavy atom. The van der Waals surface area contributed by atoms with Gasteiger partial charge in [-0.2, -0.15) is 0 Å². The molecule has 0 aliphatic heterocycles. The molecule has 13 heavy (non-hydrogen) atoms. The van der Waals surface area contributed by atoms with Crippen molar-refractivity contribution in [1.82, 2.24) is 10.2 Å². The highest BCUT2D eigenvalue weighted by Crippen LogP contribution is 2.16. The van der Waals surface area contributed by atoms with Gasteiger partial charge in [0.2, 0.25) is 0 Å². The van der Waals surface area contributed by atoms with Gasteiger partial charge in [-0.3, -0.25) is 0 Å². The van der Waals surface area contributed by atoms with Crippen molar-refractivity contribution in [3.63, 3.8) is 0 Å². The van der Waals surface area contributed by atoms with Crippen molar-refractivity contribution in [2.45, 2.75) is 40.2 Å². The summed E-state index contributed by atoms with van der Waals surface area (Å²) in [7, 11) is 4.23. The van der Waals surface area contributed by atoms with Crippen molar-refractivity contribution in [3.05, 3.63) is 0 Å². The molecule has 1 atom stereocenters. The standard InChI is InChI=1S/C11H26N2/c1-7-10(2)13(6)9-11(3,4)8-12-5/h10,12H,7-9H2,1-6H3. The summed E-state index contributed by atoms with van der Waals surface area (Å²) < 4.78 is 0. The van der Waals surface area contributed by atoms with Gasteiger partial charge in [0.25, 0.3) is 0 Å². The molecule has 0 aliphatic rings. The van der Waals surface area contributed by atoms with Crippen LogP contribution in [0.25, 0.3) is 0 Å². The van der Waals surface area contributed by atoms with Crippen LogP contribution < -0.4 is 5.32 Å². The van der Waals surface area contributed by atoms with Crippen LogP contribution in [0.5, 0.6) is 0 Å². The summed E-state index contributed by atoms with van der Waals surface area (Å²) in [5, 5.41) is 3.24. The van der Waals surface area contributed by atoms with E-state index in [1.54, 1.807) is 0 Å². The van der Waals surface area contributed by atoms with Crippen molar-refractivity contribution in [2.75, 3.05) is 27.2 Å². The smallest absolute Gasteiger partial charge is 0.00614 e. The first-order valence-electron chi connectivity index (χ1n) is 5.28. The van der Waals surface area contributed by atoms with Crippen LogP contribution in [0.15, 0.2) is 0 Å². The van der Waals surface area contributed by atoms with Crippen LogP contribution in [-0.4, -0.2) is 38.1 Å². The third kappa shape index (κ3) is 5.27. The van der Waals surface area contributed by atoms with Crippen molar-refractivity contribution >= 4 is 0 Å². The maximum atomic E-state index is 3.24. The first-order valence-corrected chi connectivity index (χ1v) is 5.28. The van der Waals surface area contributed by atoms with Crippen LogP contribution in [0.2, 0.25) is 0 Å². The largest absolute Gasteiger partial charge is 0.319 e. The molecule has 0 saturated carbocycles. The molecule has 0 aromatic rings. The maximum Gasteiger partial charge on any atom is 0.00614 e. The minimum absolute atomic E-state index is 0.368. The van der Waals surface area contributed by atoms with Crippen LogP contribution in [0.3, 0.4) is 0 Å². The predicted molar refractivity (Wildman–Crippen MR) is 60.1 cm³/mol. The van der Waals surface area contributed by atoms with Gasteiger partial charge in [-0.05, 0) is 32.9 Å². The number of hydrogen-bond acceptors (Lipinski definition) is 2. The molecule has 0 amide bonds. The van der Waals surface area contributed by atoms with E-state index < -0.39 is 0 Å². The lowest BCUT2D eigenvalue weighted by Gasteiger charge is -2.33. The van der Waals surface area contributed by atoms with Crippen LogP contribution >= 0.6 is 0 Å². The number of nitrogens with zero attached hydrogens (tertiary/aromatic N) is 1. The Morgan fingerprint density at radius 2 is 1.92 bits per heavy atom. The minimum Gasteiger partial charge on any atom is -0.319 e. The van der Waals surface area contributed by atoms with Crippen LogP contribution in [0.1, 0.15) is 34.1 Å². The quantitative estimate of drug-likeness (QED) is 0.682. The third-order valence-corrected chi connectivity index (χ3v) is 2.68. The highest BCUT2D eigenvalue weighted by molar-refractivity contribution is 4.76. The van der Waals surface area contributed by atoms with Crippen molar-refractivity contribution in [1.29, 1.82) is 0 Å². The SMILES string of the molecule is CCC(C)N(C)CC(C)(C)CNC. The molecule has 0 aromatic heterocycles. The summed E-state index contributed by atoms with van der Waals surface area (Å²) in [6.45, 7) is 11.4. The fourth-order valence-corrected chi connectivity index (χ4v) is 1.68. The molecule has 0 radical (unpaired) electrons. The molecule has 1 unspecified atom stereocenters. The van der Waals surface area contributed by atoms with Gasteiger partial charge in [0.1, 0.15) is 0 Å². The lowest BCUT2D eigenvalue weighted by molar-refractivity contribution is 0.164. The lowest BCUT2D eigenvalue weighted by Crippen LogP contribution is -2.41. The number of rotatable bonds is 6. The number of nitrogens with one attached hydrogen (secondary N) is 1. The van der Waals surface area contributed by atoms with Gasteiger partial charge in [0.05, 0.1) is 0 Å². The van der Waals surface area contributed by atoms with Gasteiger partial charge < -0.3 is 10.2 Å². The molecule has 0 fully saturated rings. The molecular formula is C11H26N2. The Morgan fingerprint density at radius 1 is 1.38 bits per heavy atom. The molecular weight excluding hydrogens is 160 g/mol. The molecule has 0 aromatic carbocycles. The average Bonchev–Trinajstić information content (AvgIpc) is 2.01. The lowest BCUT2D eigenvalue weighted by atomic mass is 9.92. The Balaban J connectivity index is 3.94. The van der Waals surface area contributed by atoms with Gasteiger partial charge in [0, 0.05) is 19.1 Å². The van der Waals surface area contributed by atoms with E-state index in [1.807, 2.05) is 7.05 Å². The van der Waals surface area contributed by atoms with E-state index in [2.05, 4.69) is 45.0 Å². The molecule has 0 spiro atoms. The normalized spacial score (nSPS) is 15.0. The molecule has 0 bridgehead atoms. The second-order valence-electron chi connectivity index (χ2n) is 4.87. The summed E-state index contributed by atoms with van der Waals surface area (Å²) in [5.41, 5.74) is 0.368. The van der Waals surface area contributed by atoms with E-state index in [4.69, 9.17) is 0 Å². The van der Waals surface area contributed by atoms with E-state index in [-0.39, 0.29) is 0 Å². The topological polar surface area (TPSA) is 15.3 Å². The van der Waals surface area contributed by atoms with Crippen molar-refractivity contribution in [3.8, 4) is 0 Å². The van der Waals surface area contributed by atoms with Gasteiger partial charge in [-0.1, -0.05) is 20.8 Å². The van der Waals surface area contributed by atoms with Gasteiger partial charge in [0.15, 0.2) is 0 Å². The summed E-state index contributed by atoms with van der Waals surface area (Å²) in [6, 6.07) is 0.691. The Kier molecular flexibility index (Phi) is 5.57. The average molecular weight is 186 g/mol.